The van der Waals surface area contributed by atoms with Gasteiger partial charge in [0.2, 0.25) is 5.91 Å². The first kappa shape index (κ1) is 15.9. The van der Waals surface area contributed by atoms with Crippen LogP contribution in [0.1, 0.15) is 35.9 Å². The number of carbonyl (C=O) groups excluding carboxylic acids is 1. The largest absolute Gasteiger partial charge is 0.326 e. The molecule has 0 aliphatic heterocycles. The summed E-state index contributed by atoms with van der Waals surface area (Å²) in [5.74, 6) is 0.118. The Morgan fingerprint density at radius 3 is 3.00 bits per heavy atom. The summed E-state index contributed by atoms with van der Waals surface area (Å²) < 4.78 is 2.14. The summed E-state index contributed by atoms with van der Waals surface area (Å²) >= 11 is 0. The van der Waals surface area contributed by atoms with Crippen LogP contribution in [0.25, 0.3) is 5.65 Å². The lowest BCUT2D eigenvalue weighted by atomic mass is 9.89. The fourth-order valence-electron chi connectivity index (χ4n) is 3.72. The van der Waals surface area contributed by atoms with Crippen LogP contribution in [-0.4, -0.2) is 15.3 Å². The van der Waals surface area contributed by atoms with Gasteiger partial charge in [-0.1, -0.05) is 25.1 Å². The van der Waals surface area contributed by atoms with Crippen molar-refractivity contribution in [3.8, 4) is 0 Å². The zero-order valence-corrected chi connectivity index (χ0v) is 14.7. The Kier molecular flexibility index (Phi) is 4.04. The van der Waals surface area contributed by atoms with Crippen molar-refractivity contribution < 1.29 is 4.79 Å². The highest BCUT2D eigenvalue weighted by atomic mass is 16.1. The van der Waals surface area contributed by atoms with E-state index in [2.05, 4.69) is 48.0 Å². The molecule has 4 nitrogen and oxygen atoms in total. The molecule has 0 saturated heterocycles. The number of para-hydroxylation sites is 1. The molecule has 25 heavy (non-hydrogen) atoms. The molecule has 128 valence electrons. The van der Waals surface area contributed by atoms with E-state index >= 15 is 0 Å². The molecule has 0 saturated carbocycles. The number of aryl methyl sites for hydroxylation is 3. The van der Waals surface area contributed by atoms with Gasteiger partial charge in [0.25, 0.3) is 0 Å². The second kappa shape index (κ2) is 6.36. The van der Waals surface area contributed by atoms with Crippen LogP contribution in [0, 0.1) is 12.8 Å². The Labute approximate surface area is 147 Å². The van der Waals surface area contributed by atoms with Crippen LogP contribution in [-0.2, 0) is 24.1 Å². The monoisotopic (exact) mass is 333 g/mol. The van der Waals surface area contributed by atoms with Gasteiger partial charge in [-0.15, -0.1) is 0 Å². The molecule has 4 heteroatoms. The van der Waals surface area contributed by atoms with Gasteiger partial charge in [-0.3, -0.25) is 4.79 Å². The normalized spacial score (nSPS) is 16.6. The number of carbonyl (C=O) groups is 1. The van der Waals surface area contributed by atoms with Crippen molar-refractivity contribution in [1.29, 1.82) is 0 Å². The summed E-state index contributed by atoms with van der Waals surface area (Å²) in [4.78, 5) is 17.6. The third-order valence-electron chi connectivity index (χ3n) is 5.16. The standard InChI is InChI=1S/C21H23N3O/c1-3-15-6-4-5-7-17(15)23-21(25)16-8-9-18-19(13-16)24-11-10-14(2)12-20(24)22-18/h4-7,10-12,16H,3,8-9,13H2,1-2H3,(H,23,25). The van der Waals surface area contributed by atoms with E-state index in [0.717, 1.165) is 42.7 Å². The third-order valence-corrected chi connectivity index (χ3v) is 5.16. The van der Waals surface area contributed by atoms with Crippen molar-refractivity contribution in [3.63, 3.8) is 0 Å². The molecule has 1 unspecified atom stereocenters. The average Bonchev–Trinajstić information content (AvgIpc) is 2.98. The Hall–Kier alpha value is -2.62. The van der Waals surface area contributed by atoms with Crippen molar-refractivity contribution in [2.24, 2.45) is 5.92 Å². The summed E-state index contributed by atoms with van der Waals surface area (Å²) in [6.07, 6.45) is 5.46. The number of pyridine rings is 1. The number of fused-ring (bicyclic) bond motifs is 3. The summed E-state index contributed by atoms with van der Waals surface area (Å²) in [5, 5.41) is 3.14. The topological polar surface area (TPSA) is 46.4 Å². The molecule has 1 aromatic carbocycles. The maximum atomic E-state index is 12.8. The molecule has 1 N–H and O–H groups in total. The van der Waals surface area contributed by atoms with E-state index < -0.39 is 0 Å². The van der Waals surface area contributed by atoms with Crippen LogP contribution < -0.4 is 5.32 Å². The lowest BCUT2D eigenvalue weighted by Crippen LogP contribution is -2.29. The van der Waals surface area contributed by atoms with Crippen LogP contribution in [0.2, 0.25) is 0 Å². The van der Waals surface area contributed by atoms with Crippen LogP contribution in [0.4, 0.5) is 5.69 Å². The minimum atomic E-state index is -0.00128. The lowest BCUT2D eigenvalue weighted by Gasteiger charge is -2.22. The number of amides is 1. The predicted molar refractivity (Wildman–Crippen MR) is 99.9 cm³/mol. The Morgan fingerprint density at radius 1 is 1.32 bits per heavy atom. The zero-order valence-electron chi connectivity index (χ0n) is 14.7. The molecule has 1 aliphatic carbocycles. The minimum absolute atomic E-state index is 0.00128. The van der Waals surface area contributed by atoms with Crippen molar-refractivity contribution >= 4 is 17.2 Å². The maximum absolute atomic E-state index is 12.8. The number of hydrogen-bond donors (Lipinski definition) is 1. The lowest BCUT2D eigenvalue weighted by molar-refractivity contribution is -0.120. The SMILES string of the molecule is CCc1ccccc1NC(=O)C1CCc2nc3cc(C)ccn3c2C1. The second-order valence-corrected chi connectivity index (χ2v) is 6.88. The smallest absolute Gasteiger partial charge is 0.227 e. The molecule has 1 aliphatic rings. The Bertz CT molecular complexity index is 941. The predicted octanol–water partition coefficient (Wildman–Crippen LogP) is 3.95. The number of nitrogens with zero attached hydrogens (tertiary/aromatic N) is 2. The van der Waals surface area contributed by atoms with E-state index in [0.29, 0.717) is 0 Å². The first-order valence-electron chi connectivity index (χ1n) is 9.01. The minimum Gasteiger partial charge on any atom is -0.326 e. The summed E-state index contributed by atoms with van der Waals surface area (Å²) in [5.41, 5.74) is 6.64. The van der Waals surface area contributed by atoms with Gasteiger partial charge in [0.15, 0.2) is 0 Å². The Balaban J connectivity index is 1.57. The summed E-state index contributed by atoms with van der Waals surface area (Å²) in [6, 6.07) is 12.2. The number of anilines is 1. The van der Waals surface area contributed by atoms with Crippen molar-refractivity contribution in [3.05, 3.63) is 65.1 Å². The quantitative estimate of drug-likeness (QED) is 0.789. The molecule has 1 atom stereocenters. The molecule has 0 bridgehead atoms. The van der Waals surface area contributed by atoms with Gasteiger partial charge in [0.1, 0.15) is 5.65 Å². The molecular formula is C21H23N3O. The van der Waals surface area contributed by atoms with Gasteiger partial charge in [0.05, 0.1) is 5.69 Å². The highest BCUT2D eigenvalue weighted by molar-refractivity contribution is 5.93. The average molecular weight is 333 g/mol. The highest BCUT2D eigenvalue weighted by Gasteiger charge is 2.28. The first-order valence-corrected chi connectivity index (χ1v) is 9.01. The van der Waals surface area contributed by atoms with Crippen LogP contribution in [0.3, 0.4) is 0 Å². The van der Waals surface area contributed by atoms with Crippen molar-refractivity contribution in [1.82, 2.24) is 9.38 Å². The number of rotatable bonds is 3. The van der Waals surface area contributed by atoms with Gasteiger partial charge in [0, 0.05) is 29.9 Å². The van der Waals surface area contributed by atoms with E-state index in [1.165, 1.54) is 16.8 Å². The molecule has 1 amide bonds. The molecule has 0 fully saturated rings. The molecule has 3 aromatic rings. The molecule has 2 aromatic heterocycles. The molecule has 2 heterocycles. The van der Waals surface area contributed by atoms with Crippen molar-refractivity contribution in [2.45, 2.75) is 39.5 Å². The zero-order chi connectivity index (χ0) is 17.4. The molecule has 4 rings (SSSR count). The van der Waals surface area contributed by atoms with Crippen LogP contribution in [0.15, 0.2) is 42.6 Å². The van der Waals surface area contributed by atoms with Gasteiger partial charge in [-0.25, -0.2) is 4.98 Å². The Morgan fingerprint density at radius 2 is 2.16 bits per heavy atom. The maximum Gasteiger partial charge on any atom is 0.227 e. The van der Waals surface area contributed by atoms with Gasteiger partial charge in [-0.05, 0) is 55.5 Å². The van der Waals surface area contributed by atoms with Gasteiger partial charge in [-0.2, -0.15) is 0 Å². The summed E-state index contributed by atoms with van der Waals surface area (Å²) in [7, 11) is 0. The number of benzene rings is 1. The summed E-state index contributed by atoms with van der Waals surface area (Å²) in [6.45, 7) is 4.19. The number of aromatic nitrogens is 2. The highest BCUT2D eigenvalue weighted by Crippen LogP contribution is 2.28. The number of nitrogens with one attached hydrogen (secondary N) is 1. The van der Waals surface area contributed by atoms with Gasteiger partial charge >= 0.3 is 0 Å². The van der Waals surface area contributed by atoms with Crippen LogP contribution >= 0.6 is 0 Å². The van der Waals surface area contributed by atoms with Crippen LogP contribution in [0.5, 0.6) is 0 Å². The molecule has 0 spiro atoms. The number of imidazole rings is 1. The van der Waals surface area contributed by atoms with Gasteiger partial charge < -0.3 is 9.72 Å². The number of hydrogen-bond acceptors (Lipinski definition) is 2. The third kappa shape index (κ3) is 2.93. The molecule has 0 radical (unpaired) electrons. The second-order valence-electron chi connectivity index (χ2n) is 6.88. The van der Waals surface area contributed by atoms with E-state index in [-0.39, 0.29) is 11.8 Å². The van der Waals surface area contributed by atoms with E-state index in [4.69, 9.17) is 4.98 Å². The fourth-order valence-corrected chi connectivity index (χ4v) is 3.72. The van der Waals surface area contributed by atoms with E-state index in [1.807, 2.05) is 18.2 Å². The van der Waals surface area contributed by atoms with E-state index in [9.17, 15) is 4.79 Å². The molecular weight excluding hydrogens is 310 g/mol. The van der Waals surface area contributed by atoms with Crippen molar-refractivity contribution in [2.75, 3.05) is 5.32 Å². The van der Waals surface area contributed by atoms with E-state index in [1.54, 1.807) is 0 Å². The first-order chi connectivity index (χ1) is 12.2. The fraction of sp³-hybridized carbons (Fsp3) is 0.333.